The van der Waals surface area contributed by atoms with Gasteiger partial charge in [0, 0.05) is 30.1 Å². The number of nitrogen functional groups attached to an aromatic ring is 1. The molecule has 3 nitrogen and oxygen atoms in total. The van der Waals surface area contributed by atoms with E-state index in [2.05, 4.69) is 51.8 Å². The summed E-state index contributed by atoms with van der Waals surface area (Å²) in [5.74, 6) is 0. The first-order chi connectivity index (χ1) is 8.11. The van der Waals surface area contributed by atoms with Crippen LogP contribution in [-0.4, -0.2) is 37.6 Å². The smallest absolute Gasteiger partial charge is 0.0601 e. The monoisotopic (exact) mass is 297 g/mol. The molecule has 0 aromatic heterocycles. The lowest BCUT2D eigenvalue weighted by Crippen LogP contribution is -2.51. The van der Waals surface area contributed by atoms with Crippen LogP contribution in [-0.2, 0) is 0 Å². The standard InChI is InChI=1S/C13H20BrN3/c1-3-11-9-17(7-6-16(11)2)13-5-4-10(14)8-12(13)15/h4-5,8,11H,3,6-7,9,15H2,1-2H3. The lowest BCUT2D eigenvalue weighted by molar-refractivity contribution is 0.213. The molecular formula is C13H20BrN3. The van der Waals surface area contributed by atoms with Gasteiger partial charge in [-0.05, 0) is 31.7 Å². The van der Waals surface area contributed by atoms with Gasteiger partial charge in [-0.15, -0.1) is 0 Å². The third kappa shape index (κ3) is 2.75. The normalized spacial score (nSPS) is 21.8. The molecule has 1 fully saturated rings. The van der Waals surface area contributed by atoms with E-state index < -0.39 is 0 Å². The quantitative estimate of drug-likeness (QED) is 0.852. The topological polar surface area (TPSA) is 32.5 Å². The van der Waals surface area contributed by atoms with Crippen molar-refractivity contribution in [2.45, 2.75) is 19.4 Å². The van der Waals surface area contributed by atoms with Crippen LogP contribution in [0.3, 0.4) is 0 Å². The molecule has 1 atom stereocenters. The van der Waals surface area contributed by atoms with Crippen LogP contribution in [0.4, 0.5) is 11.4 Å². The summed E-state index contributed by atoms with van der Waals surface area (Å²) in [6.45, 7) is 5.47. The predicted octanol–water partition coefficient (Wildman–Crippen LogP) is 2.56. The van der Waals surface area contributed by atoms with E-state index in [0.717, 1.165) is 29.8 Å². The molecule has 2 rings (SSSR count). The zero-order valence-electron chi connectivity index (χ0n) is 10.5. The predicted molar refractivity (Wildman–Crippen MR) is 77.5 cm³/mol. The molecule has 0 spiro atoms. The second kappa shape index (κ2) is 5.27. The van der Waals surface area contributed by atoms with Gasteiger partial charge in [0.15, 0.2) is 0 Å². The molecule has 1 aromatic rings. The Kier molecular flexibility index (Phi) is 3.94. The van der Waals surface area contributed by atoms with E-state index >= 15 is 0 Å². The third-order valence-corrected chi connectivity index (χ3v) is 4.07. The molecule has 0 bridgehead atoms. The Morgan fingerprint density at radius 3 is 2.82 bits per heavy atom. The molecule has 2 N–H and O–H groups in total. The van der Waals surface area contributed by atoms with Gasteiger partial charge in [-0.1, -0.05) is 22.9 Å². The number of hydrogen-bond donors (Lipinski definition) is 1. The van der Waals surface area contributed by atoms with Gasteiger partial charge in [0.1, 0.15) is 0 Å². The molecule has 1 heterocycles. The molecule has 4 heteroatoms. The number of anilines is 2. The third-order valence-electron chi connectivity index (χ3n) is 3.58. The molecule has 1 unspecified atom stereocenters. The van der Waals surface area contributed by atoms with E-state index in [1.807, 2.05) is 6.07 Å². The first-order valence-electron chi connectivity index (χ1n) is 6.12. The van der Waals surface area contributed by atoms with Crippen molar-refractivity contribution in [2.24, 2.45) is 0 Å². The SMILES string of the molecule is CCC1CN(c2ccc(Br)cc2N)CCN1C. The molecule has 0 aliphatic carbocycles. The van der Waals surface area contributed by atoms with Crippen molar-refractivity contribution in [1.82, 2.24) is 4.90 Å². The Morgan fingerprint density at radius 2 is 2.18 bits per heavy atom. The fourth-order valence-corrected chi connectivity index (χ4v) is 2.80. The van der Waals surface area contributed by atoms with Crippen molar-refractivity contribution in [1.29, 1.82) is 0 Å². The molecule has 0 saturated carbocycles. The fourth-order valence-electron chi connectivity index (χ4n) is 2.42. The van der Waals surface area contributed by atoms with Crippen molar-refractivity contribution in [3.63, 3.8) is 0 Å². The van der Waals surface area contributed by atoms with Crippen LogP contribution >= 0.6 is 15.9 Å². The largest absolute Gasteiger partial charge is 0.397 e. The Hall–Kier alpha value is -0.740. The van der Waals surface area contributed by atoms with Crippen LogP contribution in [0.25, 0.3) is 0 Å². The van der Waals surface area contributed by atoms with E-state index in [0.29, 0.717) is 6.04 Å². The lowest BCUT2D eigenvalue weighted by atomic mass is 10.1. The molecule has 17 heavy (non-hydrogen) atoms. The highest BCUT2D eigenvalue weighted by Crippen LogP contribution is 2.28. The number of halogens is 1. The molecular weight excluding hydrogens is 278 g/mol. The maximum atomic E-state index is 6.09. The van der Waals surface area contributed by atoms with Gasteiger partial charge in [-0.25, -0.2) is 0 Å². The second-order valence-corrected chi connectivity index (χ2v) is 5.61. The van der Waals surface area contributed by atoms with E-state index in [1.54, 1.807) is 0 Å². The van der Waals surface area contributed by atoms with Crippen molar-refractivity contribution < 1.29 is 0 Å². The van der Waals surface area contributed by atoms with Crippen molar-refractivity contribution in [3.8, 4) is 0 Å². The molecule has 1 aliphatic heterocycles. The van der Waals surface area contributed by atoms with Gasteiger partial charge in [0.05, 0.1) is 11.4 Å². The first kappa shape index (κ1) is 12.7. The van der Waals surface area contributed by atoms with Gasteiger partial charge in [-0.3, -0.25) is 4.90 Å². The minimum atomic E-state index is 0.631. The number of rotatable bonds is 2. The summed E-state index contributed by atoms with van der Waals surface area (Å²) >= 11 is 3.45. The zero-order chi connectivity index (χ0) is 12.4. The molecule has 1 saturated heterocycles. The summed E-state index contributed by atoms with van der Waals surface area (Å²) in [5.41, 5.74) is 8.11. The van der Waals surface area contributed by atoms with Gasteiger partial charge >= 0.3 is 0 Å². The Labute approximate surface area is 112 Å². The van der Waals surface area contributed by atoms with Gasteiger partial charge < -0.3 is 10.6 Å². The van der Waals surface area contributed by atoms with Crippen molar-refractivity contribution in [3.05, 3.63) is 22.7 Å². The summed E-state index contributed by atoms with van der Waals surface area (Å²) < 4.78 is 1.04. The fraction of sp³-hybridized carbons (Fsp3) is 0.538. The Morgan fingerprint density at radius 1 is 1.41 bits per heavy atom. The van der Waals surface area contributed by atoms with E-state index in [4.69, 9.17) is 5.73 Å². The minimum Gasteiger partial charge on any atom is -0.397 e. The maximum Gasteiger partial charge on any atom is 0.0601 e. The molecule has 0 radical (unpaired) electrons. The Balaban J connectivity index is 2.17. The molecule has 1 aliphatic rings. The number of nitrogens with two attached hydrogens (primary N) is 1. The van der Waals surface area contributed by atoms with Crippen molar-refractivity contribution >= 4 is 27.3 Å². The number of benzene rings is 1. The highest BCUT2D eigenvalue weighted by Gasteiger charge is 2.23. The van der Waals surface area contributed by atoms with E-state index in [1.165, 1.54) is 12.1 Å². The molecule has 1 aromatic carbocycles. The maximum absolute atomic E-state index is 6.09. The lowest BCUT2D eigenvalue weighted by Gasteiger charge is -2.40. The molecule has 94 valence electrons. The number of nitrogens with zero attached hydrogens (tertiary/aromatic N) is 2. The van der Waals surface area contributed by atoms with Crippen LogP contribution in [0, 0.1) is 0 Å². The van der Waals surface area contributed by atoms with Crippen LogP contribution in [0.15, 0.2) is 22.7 Å². The van der Waals surface area contributed by atoms with E-state index in [-0.39, 0.29) is 0 Å². The summed E-state index contributed by atoms with van der Waals surface area (Å²) in [7, 11) is 2.20. The first-order valence-corrected chi connectivity index (χ1v) is 6.91. The van der Waals surface area contributed by atoms with Gasteiger partial charge in [0.25, 0.3) is 0 Å². The summed E-state index contributed by atoms with van der Waals surface area (Å²) in [6.07, 6.45) is 1.18. The average Bonchev–Trinajstić information content (AvgIpc) is 2.30. The van der Waals surface area contributed by atoms with Crippen LogP contribution < -0.4 is 10.6 Å². The number of piperazine rings is 1. The zero-order valence-corrected chi connectivity index (χ0v) is 12.1. The number of hydrogen-bond acceptors (Lipinski definition) is 3. The molecule has 0 amide bonds. The van der Waals surface area contributed by atoms with Crippen molar-refractivity contribution in [2.75, 3.05) is 37.3 Å². The summed E-state index contributed by atoms with van der Waals surface area (Å²) in [4.78, 5) is 4.83. The second-order valence-electron chi connectivity index (χ2n) is 4.69. The van der Waals surface area contributed by atoms with Crippen LogP contribution in [0.2, 0.25) is 0 Å². The van der Waals surface area contributed by atoms with E-state index in [9.17, 15) is 0 Å². The summed E-state index contributed by atoms with van der Waals surface area (Å²) in [6, 6.07) is 6.78. The van der Waals surface area contributed by atoms with Gasteiger partial charge in [-0.2, -0.15) is 0 Å². The van der Waals surface area contributed by atoms with Crippen LogP contribution in [0.5, 0.6) is 0 Å². The van der Waals surface area contributed by atoms with Crippen LogP contribution in [0.1, 0.15) is 13.3 Å². The highest BCUT2D eigenvalue weighted by atomic mass is 79.9. The minimum absolute atomic E-state index is 0.631. The summed E-state index contributed by atoms with van der Waals surface area (Å²) in [5, 5.41) is 0. The average molecular weight is 298 g/mol. The Bertz CT molecular complexity index is 394. The number of likely N-dealkylation sites (N-methyl/N-ethyl adjacent to an activating group) is 1. The van der Waals surface area contributed by atoms with Gasteiger partial charge in [0.2, 0.25) is 0 Å². The highest BCUT2D eigenvalue weighted by molar-refractivity contribution is 9.10.